The molecule has 1 aromatic heterocycles. The van der Waals surface area contributed by atoms with Crippen molar-refractivity contribution in [2.75, 3.05) is 27.2 Å². The molecule has 0 fully saturated rings. The minimum absolute atomic E-state index is 0.215. The van der Waals surface area contributed by atoms with E-state index in [2.05, 4.69) is 0 Å². The van der Waals surface area contributed by atoms with E-state index in [1.54, 1.807) is 41.4 Å². The highest BCUT2D eigenvalue weighted by molar-refractivity contribution is 6.18. The van der Waals surface area contributed by atoms with Crippen molar-refractivity contribution >= 4 is 17.7 Å². The van der Waals surface area contributed by atoms with E-state index in [9.17, 15) is 14.0 Å². The van der Waals surface area contributed by atoms with Gasteiger partial charge in [-0.2, -0.15) is 0 Å². The summed E-state index contributed by atoms with van der Waals surface area (Å²) in [5.74, 6) is -0.637. The van der Waals surface area contributed by atoms with E-state index in [1.807, 2.05) is 49.3 Å². The Hall–Kier alpha value is -3.51. The van der Waals surface area contributed by atoms with Crippen LogP contribution >= 0.6 is 0 Å². The summed E-state index contributed by atoms with van der Waals surface area (Å²) in [4.78, 5) is 30.0. The molecule has 0 spiro atoms. The zero-order valence-corrected chi connectivity index (χ0v) is 17.7. The summed E-state index contributed by atoms with van der Waals surface area (Å²) in [7, 11) is 3.89. The zero-order chi connectivity index (χ0) is 22.2. The predicted octanol–water partition coefficient (Wildman–Crippen LogP) is 3.58. The third kappa shape index (κ3) is 6.23. The Kier molecular flexibility index (Phi) is 7.51. The number of nitrogens with zero attached hydrogens (tertiary/aromatic N) is 3. The summed E-state index contributed by atoms with van der Waals surface area (Å²) in [6, 6.07) is 20.3. The Morgan fingerprint density at radius 3 is 2.26 bits per heavy atom. The molecule has 0 atom stereocenters. The molecular formula is C25H26FN3O2. The number of benzene rings is 2. The quantitative estimate of drug-likeness (QED) is 0.525. The molecule has 0 bridgehead atoms. The Balaban J connectivity index is 2.03. The number of likely N-dealkylation sites (N-methyl/N-ethyl adjacent to an activating group) is 1. The van der Waals surface area contributed by atoms with Crippen molar-refractivity contribution in [1.82, 2.24) is 14.4 Å². The van der Waals surface area contributed by atoms with Gasteiger partial charge >= 0.3 is 0 Å². The molecule has 2 aromatic carbocycles. The normalized spacial score (nSPS) is 11.5. The topological polar surface area (TPSA) is 45.5 Å². The lowest BCUT2D eigenvalue weighted by atomic mass is 10.1. The van der Waals surface area contributed by atoms with E-state index >= 15 is 0 Å². The second-order valence-corrected chi connectivity index (χ2v) is 7.51. The molecule has 0 radical (unpaired) electrons. The van der Waals surface area contributed by atoms with E-state index in [0.717, 1.165) is 5.56 Å². The molecule has 3 rings (SSSR count). The van der Waals surface area contributed by atoms with Gasteiger partial charge in [-0.05, 0) is 49.5 Å². The average Bonchev–Trinajstić information content (AvgIpc) is 2.77. The monoisotopic (exact) mass is 419 g/mol. The summed E-state index contributed by atoms with van der Waals surface area (Å²) in [6.45, 7) is 1.57. The van der Waals surface area contributed by atoms with Crippen molar-refractivity contribution < 1.29 is 9.18 Å². The van der Waals surface area contributed by atoms with Crippen LogP contribution in [0.5, 0.6) is 0 Å². The second-order valence-electron chi connectivity index (χ2n) is 7.51. The van der Waals surface area contributed by atoms with Crippen LogP contribution in [0.3, 0.4) is 0 Å². The number of carbonyl (C=O) groups excluding carboxylic acids is 1. The van der Waals surface area contributed by atoms with Gasteiger partial charge in [0.15, 0.2) is 0 Å². The molecule has 0 N–H and O–H groups in total. The summed E-state index contributed by atoms with van der Waals surface area (Å²) in [6.07, 6.45) is 3.19. The maximum absolute atomic E-state index is 13.7. The lowest BCUT2D eigenvalue weighted by molar-refractivity contribution is -0.126. The first-order valence-corrected chi connectivity index (χ1v) is 10.1. The fourth-order valence-electron chi connectivity index (χ4n) is 3.12. The molecule has 0 saturated heterocycles. The lowest BCUT2D eigenvalue weighted by Crippen LogP contribution is -2.39. The molecule has 0 unspecified atom stereocenters. The third-order valence-corrected chi connectivity index (χ3v) is 4.80. The number of halogens is 1. The van der Waals surface area contributed by atoms with Crippen LogP contribution in [-0.2, 0) is 11.3 Å². The Bertz CT molecular complexity index is 1090. The highest BCUT2D eigenvalue weighted by atomic mass is 19.1. The van der Waals surface area contributed by atoms with Gasteiger partial charge in [0.25, 0.3) is 11.5 Å². The van der Waals surface area contributed by atoms with Gasteiger partial charge in [0, 0.05) is 31.9 Å². The maximum Gasteiger partial charge on any atom is 0.271 e. The Morgan fingerprint density at radius 2 is 1.61 bits per heavy atom. The van der Waals surface area contributed by atoms with Gasteiger partial charge < -0.3 is 9.80 Å². The fraction of sp³-hybridized carbons (Fsp3) is 0.200. The van der Waals surface area contributed by atoms with Crippen LogP contribution in [0.25, 0.3) is 11.8 Å². The number of rotatable bonds is 8. The molecule has 0 aliphatic rings. The minimum Gasteiger partial charge on any atom is -0.332 e. The molecule has 0 aliphatic heterocycles. The van der Waals surface area contributed by atoms with E-state index in [0.29, 0.717) is 25.2 Å². The first-order valence-electron chi connectivity index (χ1n) is 10.1. The minimum atomic E-state index is -0.362. The van der Waals surface area contributed by atoms with Gasteiger partial charge in [0.05, 0.1) is 0 Å². The molecule has 31 heavy (non-hydrogen) atoms. The number of amides is 1. The smallest absolute Gasteiger partial charge is 0.271 e. The molecule has 6 heteroatoms. The van der Waals surface area contributed by atoms with Crippen LogP contribution in [0, 0.1) is 5.82 Å². The van der Waals surface area contributed by atoms with Crippen LogP contribution in [0.4, 0.5) is 4.39 Å². The van der Waals surface area contributed by atoms with Crippen LogP contribution in [0.2, 0.25) is 0 Å². The van der Waals surface area contributed by atoms with E-state index < -0.39 is 0 Å². The molecule has 3 aromatic rings. The van der Waals surface area contributed by atoms with Gasteiger partial charge in [-0.3, -0.25) is 14.2 Å². The third-order valence-electron chi connectivity index (χ3n) is 4.80. The second kappa shape index (κ2) is 10.5. The highest BCUT2D eigenvalue weighted by Crippen LogP contribution is 2.16. The van der Waals surface area contributed by atoms with Crippen molar-refractivity contribution in [3.63, 3.8) is 0 Å². The predicted molar refractivity (Wildman–Crippen MR) is 122 cm³/mol. The molecule has 0 aliphatic carbocycles. The number of hydrogen-bond acceptors (Lipinski definition) is 3. The molecule has 160 valence electrons. The maximum atomic E-state index is 13.7. The van der Waals surface area contributed by atoms with Gasteiger partial charge in [-0.25, -0.2) is 4.39 Å². The molecule has 1 amide bonds. The van der Waals surface area contributed by atoms with Crippen molar-refractivity contribution in [2.24, 2.45) is 0 Å². The number of aromatic nitrogens is 1. The lowest BCUT2D eigenvalue weighted by Gasteiger charge is -2.26. The number of pyridine rings is 1. The Labute approximate surface area is 181 Å². The van der Waals surface area contributed by atoms with Gasteiger partial charge in [0.2, 0.25) is 0 Å². The molecular weight excluding hydrogens is 393 g/mol. The van der Waals surface area contributed by atoms with Gasteiger partial charge in [-0.1, -0.05) is 48.5 Å². The molecule has 1 heterocycles. The van der Waals surface area contributed by atoms with Crippen LogP contribution in [-0.4, -0.2) is 47.5 Å². The van der Waals surface area contributed by atoms with Crippen molar-refractivity contribution in [1.29, 1.82) is 0 Å². The summed E-state index contributed by atoms with van der Waals surface area (Å²) in [5, 5.41) is 0. The SMILES string of the molecule is CN(C)CCN(Cc1ccccc1)C(=O)/C(=C\c1ccc(F)cc1)n1ccccc1=O. The zero-order valence-electron chi connectivity index (χ0n) is 17.7. The van der Waals surface area contributed by atoms with Gasteiger partial charge in [-0.15, -0.1) is 0 Å². The van der Waals surface area contributed by atoms with Crippen molar-refractivity contribution in [3.8, 4) is 0 Å². The van der Waals surface area contributed by atoms with Crippen LogP contribution in [0.15, 0.2) is 83.8 Å². The summed E-state index contributed by atoms with van der Waals surface area (Å²) < 4.78 is 14.7. The highest BCUT2D eigenvalue weighted by Gasteiger charge is 2.21. The number of carbonyl (C=O) groups is 1. The standard InChI is InChI=1S/C25H26FN3O2/c1-27(2)16-17-28(19-21-8-4-3-5-9-21)25(31)23(29-15-7-6-10-24(29)30)18-20-11-13-22(26)14-12-20/h3-15,18H,16-17,19H2,1-2H3/b23-18+. The van der Waals surface area contributed by atoms with Crippen molar-refractivity contribution in [3.05, 3.63) is 106 Å². The molecule has 0 saturated carbocycles. The van der Waals surface area contributed by atoms with E-state index in [1.165, 1.54) is 22.8 Å². The Morgan fingerprint density at radius 1 is 0.935 bits per heavy atom. The van der Waals surface area contributed by atoms with Crippen LogP contribution < -0.4 is 5.56 Å². The van der Waals surface area contributed by atoms with Crippen molar-refractivity contribution in [2.45, 2.75) is 6.54 Å². The van der Waals surface area contributed by atoms with Crippen LogP contribution in [0.1, 0.15) is 11.1 Å². The summed E-state index contributed by atoms with van der Waals surface area (Å²) in [5.41, 5.74) is 1.53. The van der Waals surface area contributed by atoms with Gasteiger partial charge in [0.1, 0.15) is 11.5 Å². The van der Waals surface area contributed by atoms with E-state index in [-0.39, 0.29) is 23.0 Å². The largest absolute Gasteiger partial charge is 0.332 e. The molecule has 5 nitrogen and oxygen atoms in total. The van der Waals surface area contributed by atoms with E-state index in [4.69, 9.17) is 0 Å². The number of hydrogen-bond donors (Lipinski definition) is 0. The fourth-order valence-corrected chi connectivity index (χ4v) is 3.12. The first-order chi connectivity index (χ1) is 14.9. The summed E-state index contributed by atoms with van der Waals surface area (Å²) >= 11 is 0. The first kappa shape index (κ1) is 22.2. The average molecular weight is 420 g/mol.